The number of amides is 1. The summed E-state index contributed by atoms with van der Waals surface area (Å²) in [6.45, 7) is -0.175. The summed E-state index contributed by atoms with van der Waals surface area (Å²) >= 11 is 0. The van der Waals surface area contributed by atoms with Gasteiger partial charge in [0.1, 0.15) is 5.75 Å². The zero-order valence-electron chi connectivity index (χ0n) is 13.5. The summed E-state index contributed by atoms with van der Waals surface area (Å²) in [7, 11) is -2.01. The Labute approximate surface area is 141 Å². The van der Waals surface area contributed by atoms with E-state index in [4.69, 9.17) is 4.74 Å². The molecule has 7 nitrogen and oxygen atoms in total. The first-order valence-electron chi connectivity index (χ1n) is 7.16. The molecule has 0 saturated heterocycles. The molecule has 1 heterocycles. The largest absolute Gasteiger partial charge is 0.497 e. The zero-order chi connectivity index (χ0) is 17.6. The van der Waals surface area contributed by atoms with Gasteiger partial charge in [0.25, 0.3) is 0 Å². The minimum atomic E-state index is -3.54. The second-order valence-electron chi connectivity index (χ2n) is 5.17. The average Bonchev–Trinajstić information content (AvgIpc) is 2.54. The number of methoxy groups -OCH3 is 1. The van der Waals surface area contributed by atoms with Gasteiger partial charge >= 0.3 is 0 Å². The van der Waals surface area contributed by atoms with Crippen molar-refractivity contribution in [3.63, 3.8) is 0 Å². The van der Waals surface area contributed by atoms with Crippen LogP contribution in [0.15, 0.2) is 48.8 Å². The van der Waals surface area contributed by atoms with E-state index in [0.717, 1.165) is 16.1 Å². The third kappa shape index (κ3) is 5.32. The van der Waals surface area contributed by atoms with Gasteiger partial charge in [-0.15, -0.1) is 0 Å². The van der Waals surface area contributed by atoms with Crippen molar-refractivity contribution in [2.45, 2.75) is 6.54 Å². The Morgan fingerprint density at radius 2 is 1.96 bits per heavy atom. The zero-order valence-corrected chi connectivity index (χ0v) is 14.3. The highest BCUT2D eigenvalue weighted by Gasteiger charge is 2.20. The third-order valence-corrected chi connectivity index (χ3v) is 4.45. The SMILES string of the molecule is COc1cccc(NC(=O)CN(Cc2ccncc2)S(C)(=O)=O)c1. The van der Waals surface area contributed by atoms with Crippen LogP contribution in [0, 0.1) is 0 Å². The van der Waals surface area contributed by atoms with Gasteiger partial charge in [0.05, 0.1) is 19.9 Å². The summed E-state index contributed by atoms with van der Waals surface area (Å²) in [5.74, 6) is 0.173. The van der Waals surface area contributed by atoms with Gasteiger partial charge in [0.2, 0.25) is 15.9 Å². The van der Waals surface area contributed by atoms with Gasteiger partial charge in [-0.2, -0.15) is 4.31 Å². The fraction of sp³-hybridized carbons (Fsp3) is 0.250. The average molecular weight is 349 g/mol. The number of aromatic nitrogens is 1. The Bertz CT molecular complexity index is 794. The van der Waals surface area contributed by atoms with Gasteiger partial charge in [-0.1, -0.05) is 6.07 Å². The van der Waals surface area contributed by atoms with E-state index < -0.39 is 15.9 Å². The van der Waals surface area contributed by atoms with Crippen molar-refractivity contribution in [2.24, 2.45) is 0 Å². The molecule has 0 fully saturated rings. The fourth-order valence-corrected chi connectivity index (χ4v) is 2.78. The number of nitrogens with one attached hydrogen (secondary N) is 1. The molecule has 1 amide bonds. The van der Waals surface area contributed by atoms with Crippen LogP contribution >= 0.6 is 0 Å². The van der Waals surface area contributed by atoms with Crippen LogP contribution in [-0.2, 0) is 21.4 Å². The fourth-order valence-electron chi connectivity index (χ4n) is 2.04. The van der Waals surface area contributed by atoms with E-state index in [9.17, 15) is 13.2 Å². The van der Waals surface area contributed by atoms with Crippen molar-refractivity contribution in [3.8, 4) is 5.75 Å². The number of hydrogen-bond acceptors (Lipinski definition) is 5. The maximum atomic E-state index is 12.2. The highest BCUT2D eigenvalue weighted by atomic mass is 32.2. The number of ether oxygens (including phenoxy) is 1. The van der Waals surface area contributed by atoms with Crippen LogP contribution in [0.2, 0.25) is 0 Å². The molecule has 0 spiro atoms. The molecule has 0 aliphatic rings. The first-order valence-corrected chi connectivity index (χ1v) is 9.01. The lowest BCUT2D eigenvalue weighted by Gasteiger charge is -2.19. The Morgan fingerprint density at radius 1 is 1.25 bits per heavy atom. The lowest BCUT2D eigenvalue weighted by molar-refractivity contribution is -0.116. The molecule has 0 unspecified atom stereocenters. The molecule has 128 valence electrons. The Hall–Kier alpha value is -2.45. The topological polar surface area (TPSA) is 88.6 Å². The molecule has 2 aromatic rings. The van der Waals surface area contributed by atoms with Gasteiger partial charge in [-0.3, -0.25) is 9.78 Å². The van der Waals surface area contributed by atoms with Gasteiger partial charge in [-0.05, 0) is 29.8 Å². The maximum absolute atomic E-state index is 12.2. The smallest absolute Gasteiger partial charge is 0.239 e. The number of rotatable bonds is 7. The standard InChI is InChI=1S/C16H19N3O4S/c1-23-15-5-3-4-14(10-15)18-16(20)12-19(24(2,21)22)11-13-6-8-17-9-7-13/h3-10H,11-12H2,1-2H3,(H,18,20). The highest BCUT2D eigenvalue weighted by Crippen LogP contribution is 2.17. The minimum absolute atomic E-state index is 0.104. The van der Waals surface area contributed by atoms with Crippen LogP contribution in [0.25, 0.3) is 0 Å². The van der Waals surface area contributed by atoms with Crippen molar-refractivity contribution in [1.29, 1.82) is 0 Å². The second kappa shape index (κ2) is 7.89. The van der Waals surface area contributed by atoms with Gasteiger partial charge in [-0.25, -0.2) is 8.42 Å². The lowest BCUT2D eigenvalue weighted by Crippen LogP contribution is -2.36. The summed E-state index contributed by atoms with van der Waals surface area (Å²) in [4.78, 5) is 16.1. The molecule has 1 N–H and O–H groups in total. The van der Waals surface area contributed by atoms with Gasteiger partial charge in [0.15, 0.2) is 0 Å². The van der Waals surface area contributed by atoms with E-state index in [-0.39, 0.29) is 13.1 Å². The molecule has 24 heavy (non-hydrogen) atoms. The van der Waals surface area contributed by atoms with Crippen LogP contribution in [0.1, 0.15) is 5.56 Å². The molecule has 0 bridgehead atoms. The Morgan fingerprint density at radius 3 is 2.58 bits per heavy atom. The molecule has 0 saturated carbocycles. The highest BCUT2D eigenvalue weighted by molar-refractivity contribution is 7.88. The first-order chi connectivity index (χ1) is 11.4. The summed E-state index contributed by atoms with van der Waals surface area (Å²) in [5.41, 5.74) is 1.29. The van der Waals surface area contributed by atoms with Crippen LogP contribution in [0.5, 0.6) is 5.75 Å². The van der Waals surface area contributed by atoms with E-state index in [1.165, 1.54) is 7.11 Å². The maximum Gasteiger partial charge on any atom is 0.239 e. The van der Waals surface area contributed by atoms with Gasteiger partial charge in [0, 0.05) is 30.7 Å². The van der Waals surface area contributed by atoms with Crippen molar-refractivity contribution < 1.29 is 17.9 Å². The number of carbonyl (C=O) groups is 1. The van der Waals surface area contributed by atoms with Crippen molar-refractivity contribution in [3.05, 3.63) is 54.4 Å². The minimum Gasteiger partial charge on any atom is -0.497 e. The number of anilines is 1. The normalized spacial score (nSPS) is 11.3. The van der Waals surface area contributed by atoms with Crippen molar-refractivity contribution in [1.82, 2.24) is 9.29 Å². The van der Waals surface area contributed by atoms with E-state index in [1.807, 2.05) is 0 Å². The van der Waals surface area contributed by atoms with E-state index >= 15 is 0 Å². The molecule has 0 radical (unpaired) electrons. The molecule has 0 aliphatic heterocycles. The molecular formula is C16H19N3O4S. The number of pyridine rings is 1. The quantitative estimate of drug-likeness (QED) is 0.818. The van der Waals surface area contributed by atoms with E-state index in [2.05, 4.69) is 10.3 Å². The van der Waals surface area contributed by atoms with Crippen LogP contribution in [0.4, 0.5) is 5.69 Å². The summed E-state index contributed by atoms with van der Waals surface area (Å²) in [5, 5.41) is 2.67. The second-order valence-corrected chi connectivity index (χ2v) is 7.15. The molecule has 1 aromatic heterocycles. The van der Waals surface area contributed by atoms with Crippen LogP contribution < -0.4 is 10.1 Å². The molecule has 8 heteroatoms. The van der Waals surface area contributed by atoms with Crippen molar-refractivity contribution >= 4 is 21.6 Å². The third-order valence-electron chi connectivity index (χ3n) is 3.25. The van der Waals surface area contributed by atoms with Crippen molar-refractivity contribution in [2.75, 3.05) is 25.2 Å². The van der Waals surface area contributed by atoms with Crippen LogP contribution in [0.3, 0.4) is 0 Å². The predicted octanol–water partition coefficient (Wildman–Crippen LogP) is 1.49. The summed E-state index contributed by atoms with van der Waals surface area (Å²) in [6, 6.07) is 10.3. The molecular weight excluding hydrogens is 330 g/mol. The lowest BCUT2D eigenvalue weighted by atomic mass is 10.2. The predicted molar refractivity (Wildman–Crippen MR) is 91.1 cm³/mol. The monoisotopic (exact) mass is 349 g/mol. The number of carbonyl (C=O) groups excluding carboxylic acids is 1. The summed E-state index contributed by atoms with van der Waals surface area (Å²) in [6.07, 6.45) is 4.23. The molecule has 0 aliphatic carbocycles. The summed E-state index contributed by atoms with van der Waals surface area (Å²) < 4.78 is 30.1. The number of benzene rings is 1. The molecule has 1 aromatic carbocycles. The number of hydrogen-bond donors (Lipinski definition) is 1. The number of sulfonamides is 1. The Kier molecular flexibility index (Phi) is 5.88. The molecule has 0 atom stereocenters. The van der Waals surface area contributed by atoms with E-state index in [1.54, 1.807) is 48.8 Å². The number of nitrogens with zero attached hydrogens (tertiary/aromatic N) is 2. The van der Waals surface area contributed by atoms with E-state index in [0.29, 0.717) is 11.4 Å². The first kappa shape index (κ1) is 17.9. The van der Waals surface area contributed by atoms with Crippen LogP contribution in [-0.4, -0.2) is 43.5 Å². The van der Waals surface area contributed by atoms with Gasteiger partial charge < -0.3 is 10.1 Å². The molecule has 2 rings (SSSR count). The Balaban J connectivity index is 2.07.